The Hall–Kier alpha value is -8.46. The predicted molar refractivity (Wildman–Crippen MR) is 296 cm³/mol. The average Bonchev–Trinajstić information content (AvgIpc) is 4.06. The lowest BCUT2D eigenvalue weighted by molar-refractivity contribution is 0.660. The van der Waals surface area contributed by atoms with Gasteiger partial charge in [-0.3, -0.25) is 0 Å². The van der Waals surface area contributed by atoms with Crippen molar-refractivity contribution in [2.24, 2.45) is 0 Å². The summed E-state index contributed by atoms with van der Waals surface area (Å²) in [7, 11) is 0. The first-order valence-corrected chi connectivity index (χ1v) is 24.7. The molecule has 2 aliphatic rings. The zero-order valence-electron chi connectivity index (χ0n) is 39.8. The Morgan fingerprint density at radius 2 is 0.729 bits per heavy atom. The summed E-state index contributed by atoms with van der Waals surface area (Å²) in [6, 6.07) is 81.3. The van der Waals surface area contributed by atoms with Crippen molar-refractivity contribution >= 4 is 55.8 Å². The highest BCUT2D eigenvalue weighted by Crippen LogP contribution is 2.52. The summed E-state index contributed by atoms with van der Waals surface area (Å²) in [5.74, 6) is 0. The highest BCUT2D eigenvalue weighted by molar-refractivity contribution is 6.12. The molecule has 2 heterocycles. The molecule has 2 aliphatic carbocycles. The molecule has 14 rings (SSSR count). The molecule has 332 valence electrons. The van der Waals surface area contributed by atoms with Crippen LogP contribution in [-0.2, 0) is 10.8 Å². The van der Waals surface area contributed by atoms with Crippen molar-refractivity contribution in [3.05, 3.63) is 252 Å². The van der Waals surface area contributed by atoms with Crippen LogP contribution in [0.3, 0.4) is 0 Å². The molecule has 0 unspecified atom stereocenters. The normalized spacial score (nSPS) is 14.2. The van der Waals surface area contributed by atoms with Gasteiger partial charge >= 0.3 is 0 Å². The zero-order valence-corrected chi connectivity index (χ0v) is 39.8. The third-order valence-electron chi connectivity index (χ3n) is 15.9. The van der Waals surface area contributed by atoms with E-state index >= 15 is 0 Å². The molecule has 0 amide bonds. The molecule has 0 radical (unpaired) electrons. The van der Waals surface area contributed by atoms with Crippen molar-refractivity contribution in [2.75, 3.05) is 0 Å². The molecule has 0 aliphatic heterocycles. The summed E-state index contributed by atoms with van der Waals surface area (Å²) in [6.07, 6.45) is 4.51. The van der Waals surface area contributed by atoms with E-state index in [1.807, 2.05) is 0 Å². The van der Waals surface area contributed by atoms with Gasteiger partial charge in [-0.15, -0.1) is 0 Å². The van der Waals surface area contributed by atoms with Crippen LogP contribution in [-0.4, -0.2) is 9.13 Å². The third kappa shape index (κ3) is 5.99. The lowest BCUT2D eigenvalue weighted by Gasteiger charge is -2.22. The lowest BCUT2D eigenvalue weighted by atomic mass is 9.81. The van der Waals surface area contributed by atoms with E-state index < -0.39 is 0 Å². The van der Waals surface area contributed by atoms with Crippen molar-refractivity contribution in [2.45, 2.75) is 38.5 Å². The van der Waals surface area contributed by atoms with E-state index in [4.69, 9.17) is 0 Å². The Bertz CT molecular complexity index is 4150. The average molecular weight is 895 g/mol. The van der Waals surface area contributed by atoms with Gasteiger partial charge < -0.3 is 9.13 Å². The largest absolute Gasteiger partial charge is 0.309 e. The van der Waals surface area contributed by atoms with Crippen molar-refractivity contribution in [1.29, 1.82) is 0 Å². The molecule has 0 fully saturated rings. The molecular formula is C68H50N2. The molecule has 10 aromatic carbocycles. The molecule has 2 heteroatoms. The monoisotopic (exact) mass is 894 g/mol. The second-order valence-electron chi connectivity index (χ2n) is 20.6. The number of rotatable bonds is 6. The van der Waals surface area contributed by atoms with Crippen molar-refractivity contribution in [1.82, 2.24) is 9.13 Å². The van der Waals surface area contributed by atoms with Crippen LogP contribution in [0.1, 0.15) is 61.1 Å². The van der Waals surface area contributed by atoms with Gasteiger partial charge in [0.2, 0.25) is 0 Å². The van der Waals surface area contributed by atoms with Crippen LogP contribution < -0.4 is 0 Å². The Morgan fingerprint density at radius 3 is 1.43 bits per heavy atom. The van der Waals surface area contributed by atoms with Gasteiger partial charge in [-0.25, -0.2) is 0 Å². The highest BCUT2D eigenvalue weighted by atomic mass is 15.0. The minimum absolute atomic E-state index is 0.0623. The third-order valence-corrected chi connectivity index (χ3v) is 15.9. The van der Waals surface area contributed by atoms with Gasteiger partial charge in [0.1, 0.15) is 0 Å². The second kappa shape index (κ2) is 15.0. The molecule has 0 N–H and O–H groups in total. The van der Waals surface area contributed by atoms with Gasteiger partial charge in [-0.1, -0.05) is 192 Å². The number of hydrogen-bond donors (Lipinski definition) is 0. The van der Waals surface area contributed by atoms with Gasteiger partial charge in [0.05, 0.1) is 22.1 Å². The predicted octanol–water partition coefficient (Wildman–Crippen LogP) is 18.0. The van der Waals surface area contributed by atoms with Crippen LogP contribution >= 0.6 is 0 Å². The molecule has 2 aromatic heterocycles. The summed E-state index contributed by atoms with van der Waals surface area (Å²) in [5.41, 5.74) is 25.3. The summed E-state index contributed by atoms with van der Waals surface area (Å²) >= 11 is 0. The van der Waals surface area contributed by atoms with Gasteiger partial charge in [-0.05, 0) is 145 Å². The fourth-order valence-corrected chi connectivity index (χ4v) is 12.3. The Kier molecular flexibility index (Phi) is 8.71. The van der Waals surface area contributed by atoms with Crippen LogP contribution in [0, 0.1) is 0 Å². The van der Waals surface area contributed by atoms with Crippen molar-refractivity contribution in [3.8, 4) is 55.9 Å². The molecule has 0 saturated carbocycles. The van der Waals surface area contributed by atoms with Gasteiger partial charge in [0.25, 0.3) is 0 Å². The summed E-state index contributed by atoms with van der Waals surface area (Å²) in [5, 5.41) is 5.08. The number of aromatic nitrogens is 2. The van der Waals surface area contributed by atoms with E-state index in [2.05, 4.69) is 267 Å². The van der Waals surface area contributed by atoms with E-state index in [1.165, 1.54) is 133 Å². The van der Waals surface area contributed by atoms with Gasteiger partial charge in [0, 0.05) is 43.7 Å². The zero-order chi connectivity index (χ0) is 46.9. The molecule has 0 bridgehead atoms. The van der Waals surface area contributed by atoms with E-state index in [9.17, 15) is 0 Å². The maximum Gasteiger partial charge on any atom is 0.0541 e. The number of benzene rings is 10. The molecule has 70 heavy (non-hydrogen) atoms. The topological polar surface area (TPSA) is 9.86 Å². The quantitative estimate of drug-likeness (QED) is 0.147. The van der Waals surface area contributed by atoms with E-state index in [-0.39, 0.29) is 10.8 Å². The van der Waals surface area contributed by atoms with Crippen LogP contribution in [0.15, 0.2) is 218 Å². The van der Waals surface area contributed by atoms with Crippen molar-refractivity contribution in [3.63, 3.8) is 0 Å². The molecule has 0 atom stereocenters. The molecule has 12 aromatic rings. The fraction of sp³-hybridized carbons (Fsp3) is 0.0882. The first-order chi connectivity index (χ1) is 34.2. The Labute approximate surface area is 409 Å². The van der Waals surface area contributed by atoms with Gasteiger partial charge in [-0.2, -0.15) is 0 Å². The highest BCUT2D eigenvalue weighted by Gasteiger charge is 2.37. The minimum atomic E-state index is -0.151. The Morgan fingerprint density at radius 1 is 0.286 bits per heavy atom. The first-order valence-electron chi connectivity index (χ1n) is 24.7. The second-order valence-corrected chi connectivity index (χ2v) is 20.6. The SMILES string of the molecule is CC1(C)c2cc(/C=C/c3ccc(-c4ccc5c(c4)c4ccccc4n5-c4ccccc4)cc3)ccc2-c2ccc(-c3ccc4c(c3)c3ccccc3n4-c3ccc4c(c3)C(C)(C)c3ccccc3-4)cc21. The van der Waals surface area contributed by atoms with Crippen LogP contribution in [0.2, 0.25) is 0 Å². The van der Waals surface area contributed by atoms with E-state index in [0.717, 1.165) is 0 Å². The van der Waals surface area contributed by atoms with Crippen LogP contribution in [0.4, 0.5) is 0 Å². The summed E-state index contributed by atoms with van der Waals surface area (Å²) in [6.45, 7) is 9.50. The Balaban J connectivity index is 0.745. The van der Waals surface area contributed by atoms with Crippen LogP contribution in [0.5, 0.6) is 0 Å². The number of nitrogens with zero attached hydrogens (tertiary/aromatic N) is 2. The van der Waals surface area contributed by atoms with E-state index in [0.29, 0.717) is 0 Å². The fourth-order valence-electron chi connectivity index (χ4n) is 12.3. The van der Waals surface area contributed by atoms with Crippen molar-refractivity contribution < 1.29 is 0 Å². The standard InChI is InChI=1S/C68H50N2/c1-67(2)59-19-11-8-16-51(59)54-35-32-50(42-62(54)67)70-64-21-13-10-18-56(64)58-40-47(31-37-66(58)70)48-29-34-53-52-33-26-44(38-60(52)68(3,4)61(53)41-48)23-22-43-24-27-45(28-25-43)46-30-36-65-57(39-46)55-17-9-12-20-63(55)69(65)49-14-6-5-7-15-49/h5-42H,1-4H3/b23-22+. The smallest absolute Gasteiger partial charge is 0.0541 e. The lowest BCUT2D eigenvalue weighted by Crippen LogP contribution is -2.15. The molecule has 2 nitrogen and oxygen atoms in total. The number of hydrogen-bond acceptors (Lipinski definition) is 0. The van der Waals surface area contributed by atoms with Gasteiger partial charge in [0.15, 0.2) is 0 Å². The molecule has 0 spiro atoms. The summed E-state index contributed by atoms with van der Waals surface area (Å²) < 4.78 is 4.83. The maximum atomic E-state index is 2.46. The number of para-hydroxylation sites is 3. The minimum Gasteiger partial charge on any atom is -0.309 e. The molecular weight excluding hydrogens is 845 g/mol. The number of fused-ring (bicyclic) bond motifs is 12. The summed E-state index contributed by atoms with van der Waals surface area (Å²) in [4.78, 5) is 0. The van der Waals surface area contributed by atoms with Crippen LogP contribution in [0.25, 0.3) is 112 Å². The molecule has 0 saturated heterocycles. The maximum absolute atomic E-state index is 2.46. The van der Waals surface area contributed by atoms with E-state index in [1.54, 1.807) is 0 Å². The first kappa shape index (κ1) is 40.6.